The number of fused-ring (bicyclic) bond motifs is 2. The summed E-state index contributed by atoms with van der Waals surface area (Å²) in [7, 11) is 2.17. The molecule has 25 heavy (non-hydrogen) atoms. The molecule has 132 valence electrons. The normalized spacial score (nSPS) is 19.7. The Kier molecular flexibility index (Phi) is 4.34. The fraction of sp³-hybridized carbons (Fsp3) is 0.500. The fourth-order valence-electron chi connectivity index (χ4n) is 3.75. The van der Waals surface area contributed by atoms with Gasteiger partial charge < -0.3 is 15.0 Å². The second-order valence-corrected chi connectivity index (χ2v) is 7.28. The second kappa shape index (κ2) is 6.64. The maximum atomic E-state index is 5.79. The smallest absolute Gasteiger partial charge is 0.133 e. The van der Waals surface area contributed by atoms with Crippen molar-refractivity contribution < 1.29 is 4.74 Å². The number of aryl methyl sites for hydroxylation is 1. The number of hydrogen-bond acceptors (Lipinski definition) is 5. The zero-order valence-electron chi connectivity index (χ0n) is 15.3. The van der Waals surface area contributed by atoms with Crippen molar-refractivity contribution in [3.8, 4) is 5.75 Å². The van der Waals surface area contributed by atoms with Gasteiger partial charge in [0.25, 0.3) is 0 Å². The van der Waals surface area contributed by atoms with E-state index in [0.29, 0.717) is 0 Å². The van der Waals surface area contributed by atoms with Gasteiger partial charge in [0.1, 0.15) is 23.5 Å². The van der Waals surface area contributed by atoms with Crippen LogP contribution < -0.4 is 10.1 Å². The van der Waals surface area contributed by atoms with Crippen molar-refractivity contribution in [2.24, 2.45) is 0 Å². The molecule has 1 aromatic heterocycles. The number of aromatic nitrogens is 2. The Morgan fingerprint density at radius 1 is 1.24 bits per heavy atom. The number of nitrogens with zero attached hydrogens (tertiary/aromatic N) is 3. The van der Waals surface area contributed by atoms with Gasteiger partial charge in [0.2, 0.25) is 0 Å². The van der Waals surface area contributed by atoms with E-state index in [9.17, 15) is 0 Å². The summed E-state index contributed by atoms with van der Waals surface area (Å²) < 4.78 is 5.79. The van der Waals surface area contributed by atoms with Gasteiger partial charge in [-0.1, -0.05) is 12.1 Å². The number of ether oxygens (including phenoxy) is 1. The average molecular weight is 338 g/mol. The van der Waals surface area contributed by atoms with Crippen molar-refractivity contribution in [2.75, 3.05) is 25.5 Å². The number of likely N-dealkylation sites (N-methyl/N-ethyl adjacent to an activating group) is 1. The van der Waals surface area contributed by atoms with Crippen LogP contribution in [0.5, 0.6) is 5.75 Å². The molecule has 5 heteroatoms. The minimum Gasteiger partial charge on any atom is -0.490 e. The van der Waals surface area contributed by atoms with Crippen LogP contribution in [0.25, 0.3) is 0 Å². The number of rotatable bonds is 3. The Labute approximate surface area is 149 Å². The molecule has 2 aliphatic rings. The lowest BCUT2D eigenvalue weighted by atomic mass is 10.1. The first kappa shape index (κ1) is 16.3. The van der Waals surface area contributed by atoms with Gasteiger partial charge in [-0.15, -0.1) is 0 Å². The molecule has 0 radical (unpaired) electrons. The summed E-state index contributed by atoms with van der Waals surface area (Å²) in [6.45, 7) is 7.00. The van der Waals surface area contributed by atoms with Crippen molar-refractivity contribution in [3.05, 3.63) is 46.4 Å². The molecule has 2 aliphatic heterocycles. The van der Waals surface area contributed by atoms with Gasteiger partial charge in [0, 0.05) is 38.0 Å². The molecule has 0 saturated heterocycles. The van der Waals surface area contributed by atoms with E-state index in [1.165, 1.54) is 22.4 Å². The summed E-state index contributed by atoms with van der Waals surface area (Å²) in [4.78, 5) is 11.7. The zero-order valence-corrected chi connectivity index (χ0v) is 15.3. The van der Waals surface area contributed by atoms with Crippen LogP contribution in [0.15, 0.2) is 18.2 Å². The van der Waals surface area contributed by atoms with Gasteiger partial charge >= 0.3 is 0 Å². The third-order valence-electron chi connectivity index (χ3n) is 5.10. The summed E-state index contributed by atoms with van der Waals surface area (Å²) in [6.07, 6.45) is 3.29. The van der Waals surface area contributed by atoms with Gasteiger partial charge in [-0.3, -0.25) is 0 Å². The third kappa shape index (κ3) is 3.47. The van der Waals surface area contributed by atoms with E-state index in [1.807, 2.05) is 6.92 Å². The first-order valence-corrected chi connectivity index (χ1v) is 9.16. The van der Waals surface area contributed by atoms with E-state index >= 15 is 0 Å². The predicted molar refractivity (Wildman–Crippen MR) is 99.2 cm³/mol. The van der Waals surface area contributed by atoms with Crippen molar-refractivity contribution in [2.45, 2.75) is 45.8 Å². The molecule has 4 rings (SSSR count). The third-order valence-corrected chi connectivity index (χ3v) is 5.10. The quantitative estimate of drug-likeness (QED) is 0.932. The van der Waals surface area contributed by atoms with Crippen molar-refractivity contribution in [1.29, 1.82) is 0 Å². The molecule has 0 saturated carbocycles. The maximum absolute atomic E-state index is 5.79. The molecule has 1 atom stereocenters. The lowest BCUT2D eigenvalue weighted by Gasteiger charge is -2.14. The van der Waals surface area contributed by atoms with Crippen LogP contribution in [-0.4, -0.2) is 41.1 Å². The van der Waals surface area contributed by atoms with Gasteiger partial charge in [0.05, 0.1) is 5.69 Å². The Bertz CT molecular complexity index is 790. The van der Waals surface area contributed by atoms with Gasteiger partial charge in [0.15, 0.2) is 0 Å². The summed E-state index contributed by atoms with van der Waals surface area (Å²) in [5, 5.41) is 3.56. The zero-order chi connectivity index (χ0) is 17.4. The van der Waals surface area contributed by atoms with Crippen molar-refractivity contribution in [3.63, 3.8) is 0 Å². The van der Waals surface area contributed by atoms with Crippen molar-refractivity contribution >= 4 is 5.82 Å². The molecule has 0 bridgehead atoms. The summed E-state index contributed by atoms with van der Waals surface area (Å²) in [6, 6.07) is 6.49. The van der Waals surface area contributed by atoms with Gasteiger partial charge in [-0.25, -0.2) is 9.97 Å². The van der Waals surface area contributed by atoms with Crippen LogP contribution in [0.2, 0.25) is 0 Å². The predicted octanol–water partition coefficient (Wildman–Crippen LogP) is 2.75. The van der Waals surface area contributed by atoms with Crippen molar-refractivity contribution in [1.82, 2.24) is 14.9 Å². The first-order valence-electron chi connectivity index (χ1n) is 9.16. The fourth-order valence-corrected chi connectivity index (χ4v) is 3.75. The summed E-state index contributed by atoms with van der Waals surface area (Å²) in [5.74, 6) is 2.89. The Balaban J connectivity index is 1.54. The second-order valence-electron chi connectivity index (χ2n) is 7.28. The number of benzene rings is 1. The van der Waals surface area contributed by atoms with E-state index in [2.05, 4.69) is 52.4 Å². The van der Waals surface area contributed by atoms with Crippen LogP contribution in [0.1, 0.15) is 35.1 Å². The molecular formula is C20H26N4O. The molecular weight excluding hydrogens is 312 g/mol. The lowest BCUT2D eigenvalue weighted by Crippen LogP contribution is -2.20. The Hall–Kier alpha value is -2.14. The highest BCUT2D eigenvalue weighted by atomic mass is 16.5. The maximum Gasteiger partial charge on any atom is 0.133 e. The highest BCUT2D eigenvalue weighted by Crippen LogP contribution is 2.30. The molecule has 1 aromatic carbocycles. The minimum atomic E-state index is 0.287. The molecule has 0 aliphatic carbocycles. The van der Waals surface area contributed by atoms with Crippen LogP contribution in [0.3, 0.4) is 0 Å². The van der Waals surface area contributed by atoms with E-state index in [0.717, 1.165) is 56.3 Å². The molecule has 0 unspecified atom stereocenters. The number of anilines is 1. The number of hydrogen-bond donors (Lipinski definition) is 1. The van der Waals surface area contributed by atoms with Crippen LogP contribution >= 0.6 is 0 Å². The topological polar surface area (TPSA) is 50.3 Å². The Morgan fingerprint density at radius 3 is 2.96 bits per heavy atom. The molecule has 3 heterocycles. The first-order chi connectivity index (χ1) is 12.1. The average Bonchev–Trinajstić information content (AvgIpc) is 2.85. The monoisotopic (exact) mass is 338 g/mol. The molecule has 5 nitrogen and oxygen atoms in total. The highest BCUT2D eigenvalue weighted by molar-refractivity contribution is 5.49. The lowest BCUT2D eigenvalue weighted by molar-refractivity contribution is 0.254. The standard InChI is InChI=1S/C20H26N4O/c1-13-10-16-11-15(4-5-19(16)25-13)12-21-20-17-6-8-24(3)9-7-18(17)22-14(2)23-20/h4-5,11,13H,6-10,12H2,1-3H3,(H,21,22,23)/t13-/m0/s1. The summed E-state index contributed by atoms with van der Waals surface area (Å²) in [5.41, 5.74) is 5.07. The molecule has 1 N–H and O–H groups in total. The summed E-state index contributed by atoms with van der Waals surface area (Å²) >= 11 is 0. The van der Waals surface area contributed by atoms with Crippen LogP contribution in [0.4, 0.5) is 5.82 Å². The van der Waals surface area contributed by atoms with E-state index in [-0.39, 0.29) is 6.10 Å². The molecule has 0 fully saturated rings. The van der Waals surface area contributed by atoms with Gasteiger partial charge in [-0.2, -0.15) is 0 Å². The highest BCUT2D eigenvalue weighted by Gasteiger charge is 2.20. The SMILES string of the molecule is Cc1nc2c(c(NCc3ccc4c(c3)C[C@H](C)O4)n1)CCN(C)CC2. The molecule has 2 aromatic rings. The molecule has 0 spiro atoms. The van der Waals surface area contributed by atoms with E-state index < -0.39 is 0 Å². The van der Waals surface area contributed by atoms with Gasteiger partial charge in [-0.05, 0) is 44.5 Å². The minimum absolute atomic E-state index is 0.287. The Morgan fingerprint density at radius 2 is 2.08 bits per heavy atom. The largest absolute Gasteiger partial charge is 0.490 e. The van der Waals surface area contributed by atoms with E-state index in [4.69, 9.17) is 4.74 Å². The number of nitrogens with one attached hydrogen (secondary N) is 1. The molecule has 0 amide bonds. The van der Waals surface area contributed by atoms with Crippen LogP contribution in [0, 0.1) is 6.92 Å². The van der Waals surface area contributed by atoms with Crippen LogP contribution in [-0.2, 0) is 25.8 Å². The van der Waals surface area contributed by atoms with E-state index in [1.54, 1.807) is 0 Å².